The van der Waals surface area contributed by atoms with Crippen LogP contribution in [0.1, 0.15) is 58.7 Å². The van der Waals surface area contributed by atoms with E-state index in [9.17, 15) is 0 Å². The van der Waals surface area contributed by atoms with Gasteiger partial charge in [0.1, 0.15) is 12.2 Å². The molecule has 0 saturated carbocycles. The number of aliphatic imine (C=N–C) groups is 1. The molecule has 1 unspecified atom stereocenters. The van der Waals surface area contributed by atoms with E-state index in [1.165, 1.54) is 32.1 Å². The van der Waals surface area contributed by atoms with Gasteiger partial charge in [-0.1, -0.05) is 39.5 Å². The number of aromatic nitrogens is 3. The Kier molecular flexibility index (Phi) is 12.2. The fraction of sp³-hybridized carbons (Fsp3) is 0.833. The van der Waals surface area contributed by atoms with Gasteiger partial charge in [0.2, 0.25) is 0 Å². The second-order valence-corrected chi connectivity index (χ2v) is 7.32. The SMILES string of the molecule is CCCCCCC(C)NC(=NCCSC)NCCn1cnnc1CC. The number of hydrogen-bond donors (Lipinski definition) is 2. The van der Waals surface area contributed by atoms with Gasteiger partial charge >= 0.3 is 0 Å². The van der Waals surface area contributed by atoms with Crippen molar-refractivity contribution in [3.8, 4) is 0 Å². The summed E-state index contributed by atoms with van der Waals surface area (Å²) in [5.74, 6) is 2.99. The molecule has 1 atom stereocenters. The maximum absolute atomic E-state index is 4.69. The number of thioether (sulfide) groups is 1. The fourth-order valence-corrected chi connectivity index (χ4v) is 2.89. The molecule has 1 aromatic heterocycles. The standard InChI is InChI=1S/C18H36N6S/c1-5-7-8-9-10-16(3)22-18(20-12-14-25-4)19-11-13-24-15-21-23-17(24)6-2/h15-16H,5-14H2,1-4H3,(H2,19,20,22). The molecule has 0 aliphatic heterocycles. The Hall–Kier alpha value is -1.24. The summed E-state index contributed by atoms with van der Waals surface area (Å²) in [5.41, 5.74) is 0. The molecule has 1 heterocycles. The van der Waals surface area contributed by atoms with Crippen LogP contribution >= 0.6 is 11.8 Å². The molecule has 0 bridgehead atoms. The van der Waals surface area contributed by atoms with Crippen LogP contribution in [0, 0.1) is 0 Å². The molecule has 6 nitrogen and oxygen atoms in total. The van der Waals surface area contributed by atoms with E-state index in [1.54, 1.807) is 6.33 Å². The number of unbranched alkanes of at least 4 members (excludes halogenated alkanes) is 3. The van der Waals surface area contributed by atoms with E-state index < -0.39 is 0 Å². The molecule has 25 heavy (non-hydrogen) atoms. The summed E-state index contributed by atoms with van der Waals surface area (Å²) >= 11 is 1.83. The first-order valence-corrected chi connectivity index (χ1v) is 11.0. The minimum absolute atomic E-state index is 0.443. The van der Waals surface area contributed by atoms with Crippen LogP contribution in [-0.2, 0) is 13.0 Å². The zero-order chi connectivity index (χ0) is 18.3. The summed E-state index contributed by atoms with van der Waals surface area (Å²) < 4.78 is 2.10. The molecule has 1 rings (SSSR count). The van der Waals surface area contributed by atoms with Crippen LogP contribution in [0.4, 0.5) is 0 Å². The van der Waals surface area contributed by atoms with Crippen molar-refractivity contribution in [1.29, 1.82) is 0 Å². The molecule has 0 fully saturated rings. The highest BCUT2D eigenvalue weighted by Gasteiger charge is 2.06. The first-order valence-electron chi connectivity index (χ1n) is 9.61. The predicted octanol–water partition coefficient (Wildman–Crippen LogP) is 3.10. The first kappa shape index (κ1) is 21.8. The molecule has 0 aliphatic carbocycles. The largest absolute Gasteiger partial charge is 0.355 e. The Morgan fingerprint density at radius 3 is 2.88 bits per heavy atom. The van der Waals surface area contributed by atoms with E-state index in [4.69, 9.17) is 4.99 Å². The third kappa shape index (κ3) is 9.72. The number of nitrogens with zero attached hydrogens (tertiary/aromatic N) is 4. The zero-order valence-corrected chi connectivity index (χ0v) is 17.2. The van der Waals surface area contributed by atoms with E-state index >= 15 is 0 Å². The predicted molar refractivity (Wildman–Crippen MR) is 109 cm³/mol. The van der Waals surface area contributed by atoms with Crippen molar-refractivity contribution in [1.82, 2.24) is 25.4 Å². The highest BCUT2D eigenvalue weighted by molar-refractivity contribution is 7.98. The lowest BCUT2D eigenvalue weighted by Gasteiger charge is -2.18. The van der Waals surface area contributed by atoms with E-state index in [1.807, 2.05) is 11.8 Å². The number of aryl methyl sites for hydroxylation is 1. The van der Waals surface area contributed by atoms with Crippen molar-refractivity contribution in [3.63, 3.8) is 0 Å². The zero-order valence-electron chi connectivity index (χ0n) is 16.4. The summed E-state index contributed by atoms with van der Waals surface area (Å²) in [6, 6.07) is 0.443. The topological polar surface area (TPSA) is 67.1 Å². The van der Waals surface area contributed by atoms with Crippen molar-refractivity contribution in [3.05, 3.63) is 12.2 Å². The van der Waals surface area contributed by atoms with E-state index in [2.05, 4.69) is 52.4 Å². The third-order valence-corrected chi connectivity index (χ3v) is 4.69. The summed E-state index contributed by atoms with van der Waals surface area (Å²) in [6.07, 6.45) is 11.2. The van der Waals surface area contributed by atoms with Crippen LogP contribution in [0.15, 0.2) is 11.3 Å². The van der Waals surface area contributed by atoms with Gasteiger partial charge in [-0.2, -0.15) is 11.8 Å². The molecule has 2 N–H and O–H groups in total. The molecule has 0 aliphatic rings. The van der Waals surface area contributed by atoms with E-state index in [0.717, 1.165) is 43.6 Å². The van der Waals surface area contributed by atoms with Crippen LogP contribution in [0.25, 0.3) is 0 Å². The van der Waals surface area contributed by atoms with E-state index in [0.29, 0.717) is 6.04 Å². The monoisotopic (exact) mass is 368 g/mol. The van der Waals surface area contributed by atoms with Gasteiger partial charge < -0.3 is 15.2 Å². The molecule has 0 aromatic carbocycles. The number of guanidine groups is 1. The Morgan fingerprint density at radius 2 is 2.16 bits per heavy atom. The lowest BCUT2D eigenvalue weighted by molar-refractivity contribution is 0.534. The van der Waals surface area contributed by atoms with Gasteiger partial charge in [-0.15, -0.1) is 10.2 Å². The summed E-state index contributed by atoms with van der Waals surface area (Å²) in [5, 5.41) is 15.1. The van der Waals surface area contributed by atoms with Crippen molar-refractivity contribution >= 4 is 17.7 Å². The normalized spacial score (nSPS) is 13.0. The number of hydrogen-bond acceptors (Lipinski definition) is 4. The summed E-state index contributed by atoms with van der Waals surface area (Å²) in [4.78, 5) is 4.69. The molecule has 144 valence electrons. The Labute approximate surface area is 157 Å². The summed E-state index contributed by atoms with van der Waals surface area (Å²) in [6.45, 7) is 9.11. The number of rotatable bonds is 13. The Morgan fingerprint density at radius 1 is 1.32 bits per heavy atom. The molecule has 0 spiro atoms. The van der Waals surface area contributed by atoms with Gasteiger partial charge in [-0.25, -0.2) is 0 Å². The molecular weight excluding hydrogens is 332 g/mol. The second kappa shape index (κ2) is 14.0. The van der Waals surface area contributed by atoms with Crippen LogP contribution < -0.4 is 10.6 Å². The Balaban J connectivity index is 2.42. The molecule has 1 aromatic rings. The molecule has 0 amide bonds. The van der Waals surface area contributed by atoms with Crippen LogP contribution in [-0.4, -0.2) is 51.9 Å². The molecule has 7 heteroatoms. The summed E-state index contributed by atoms with van der Waals surface area (Å²) in [7, 11) is 0. The minimum atomic E-state index is 0.443. The first-order chi connectivity index (χ1) is 12.2. The van der Waals surface area contributed by atoms with Gasteiger partial charge in [0.05, 0.1) is 6.54 Å². The molecule has 0 radical (unpaired) electrons. The van der Waals surface area contributed by atoms with Gasteiger partial charge in [0.15, 0.2) is 5.96 Å². The van der Waals surface area contributed by atoms with Gasteiger partial charge in [0, 0.05) is 31.3 Å². The Bertz CT molecular complexity index is 474. The van der Waals surface area contributed by atoms with Gasteiger partial charge in [0.25, 0.3) is 0 Å². The van der Waals surface area contributed by atoms with Crippen molar-refractivity contribution < 1.29 is 0 Å². The highest BCUT2D eigenvalue weighted by Crippen LogP contribution is 2.05. The van der Waals surface area contributed by atoms with Crippen LogP contribution in [0.3, 0.4) is 0 Å². The second-order valence-electron chi connectivity index (χ2n) is 6.34. The van der Waals surface area contributed by atoms with Crippen LogP contribution in [0.2, 0.25) is 0 Å². The smallest absolute Gasteiger partial charge is 0.191 e. The van der Waals surface area contributed by atoms with Crippen LogP contribution in [0.5, 0.6) is 0 Å². The maximum Gasteiger partial charge on any atom is 0.191 e. The molecular formula is C18H36N6S. The van der Waals surface area contributed by atoms with Crippen molar-refractivity contribution in [2.75, 3.05) is 25.1 Å². The lowest BCUT2D eigenvalue weighted by atomic mass is 10.1. The number of nitrogens with one attached hydrogen (secondary N) is 2. The lowest BCUT2D eigenvalue weighted by Crippen LogP contribution is -2.43. The minimum Gasteiger partial charge on any atom is -0.355 e. The molecule has 0 saturated heterocycles. The fourth-order valence-electron chi connectivity index (χ4n) is 2.62. The quantitative estimate of drug-likeness (QED) is 0.318. The highest BCUT2D eigenvalue weighted by atomic mass is 32.2. The van der Waals surface area contributed by atoms with Crippen molar-refractivity contribution in [2.45, 2.75) is 71.9 Å². The maximum atomic E-state index is 4.69. The van der Waals surface area contributed by atoms with Crippen molar-refractivity contribution in [2.24, 2.45) is 4.99 Å². The average Bonchev–Trinajstić information content (AvgIpc) is 3.06. The third-order valence-electron chi connectivity index (χ3n) is 4.10. The van der Waals surface area contributed by atoms with Gasteiger partial charge in [-0.05, 0) is 19.6 Å². The van der Waals surface area contributed by atoms with Gasteiger partial charge in [-0.3, -0.25) is 4.99 Å². The average molecular weight is 369 g/mol. The van der Waals surface area contributed by atoms with E-state index in [-0.39, 0.29) is 0 Å².